The van der Waals surface area contributed by atoms with E-state index in [-0.39, 0.29) is 0 Å². The van der Waals surface area contributed by atoms with Gasteiger partial charge >= 0.3 is 6.03 Å². The van der Waals surface area contributed by atoms with Crippen LogP contribution in [-0.4, -0.2) is 17.8 Å². The Labute approximate surface area is 162 Å². The quantitative estimate of drug-likeness (QED) is 0.712. The summed E-state index contributed by atoms with van der Waals surface area (Å²) in [7, 11) is 0. The van der Waals surface area contributed by atoms with Crippen LogP contribution in [0.5, 0.6) is 0 Å². The maximum Gasteiger partial charge on any atom is 0.335 e. The summed E-state index contributed by atoms with van der Waals surface area (Å²) >= 11 is 0. The summed E-state index contributed by atoms with van der Waals surface area (Å²) in [6.45, 7) is 0. The van der Waals surface area contributed by atoms with Crippen molar-refractivity contribution in [2.75, 3.05) is 4.90 Å². The van der Waals surface area contributed by atoms with Crippen LogP contribution in [0.2, 0.25) is 0 Å². The summed E-state index contributed by atoms with van der Waals surface area (Å²) < 4.78 is 0. The molecule has 1 fully saturated rings. The molecule has 0 saturated carbocycles. The molecule has 0 unspecified atom stereocenters. The summed E-state index contributed by atoms with van der Waals surface area (Å²) in [5.74, 6) is -2.67. The first-order valence-corrected chi connectivity index (χ1v) is 9.00. The molecule has 4 amide bonds. The molecule has 3 aromatic rings. The average molecular weight is 370 g/mol. The van der Waals surface area contributed by atoms with Crippen molar-refractivity contribution in [3.63, 3.8) is 0 Å². The molecule has 1 heterocycles. The van der Waals surface area contributed by atoms with Crippen molar-refractivity contribution in [2.24, 2.45) is 5.92 Å². The van der Waals surface area contributed by atoms with Gasteiger partial charge in [-0.25, -0.2) is 9.69 Å². The average Bonchev–Trinajstić information content (AvgIpc) is 2.73. The van der Waals surface area contributed by atoms with Gasteiger partial charge in [-0.1, -0.05) is 78.9 Å². The molecule has 0 spiro atoms. The van der Waals surface area contributed by atoms with Gasteiger partial charge in [0.2, 0.25) is 11.8 Å². The van der Waals surface area contributed by atoms with E-state index >= 15 is 0 Å². The molecule has 0 radical (unpaired) electrons. The van der Waals surface area contributed by atoms with E-state index in [1.165, 1.54) is 0 Å². The van der Waals surface area contributed by atoms with Crippen LogP contribution in [0.3, 0.4) is 0 Å². The molecule has 1 aliphatic heterocycles. The fraction of sp³-hybridized carbons (Fsp3) is 0.0870. The van der Waals surface area contributed by atoms with Crippen LogP contribution in [0.25, 0.3) is 0 Å². The summed E-state index contributed by atoms with van der Waals surface area (Å²) in [6.07, 6.45) is 0. The van der Waals surface area contributed by atoms with Crippen LogP contribution >= 0.6 is 0 Å². The van der Waals surface area contributed by atoms with Crippen molar-refractivity contribution in [3.8, 4) is 0 Å². The molecular formula is C23H18N2O3. The number of rotatable bonds is 4. The molecule has 5 nitrogen and oxygen atoms in total. The smallest absolute Gasteiger partial charge is 0.277 e. The number of nitrogens with zero attached hydrogens (tertiary/aromatic N) is 1. The molecule has 1 atom stereocenters. The summed E-state index contributed by atoms with van der Waals surface area (Å²) in [4.78, 5) is 39.7. The first kappa shape index (κ1) is 17.7. The van der Waals surface area contributed by atoms with Gasteiger partial charge in [-0.15, -0.1) is 0 Å². The number of para-hydroxylation sites is 1. The highest BCUT2D eigenvalue weighted by Crippen LogP contribution is 2.36. The van der Waals surface area contributed by atoms with Crippen molar-refractivity contribution in [1.82, 2.24) is 5.32 Å². The third-order valence-corrected chi connectivity index (χ3v) is 4.87. The van der Waals surface area contributed by atoms with Gasteiger partial charge in [0, 0.05) is 5.92 Å². The Morgan fingerprint density at radius 2 is 1.14 bits per heavy atom. The number of urea groups is 1. The maximum absolute atomic E-state index is 13.4. The largest absolute Gasteiger partial charge is 0.335 e. The minimum atomic E-state index is -1.05. The standard InChI is InChI=1S/C23H18N2O3/c26-21-20(22(27)25(23(28)24-21)18-14-8-3-9-15-18)19(16-10-4-1-5-11-16)17-12-6-2-7-13-17/h1-15,19-20H,(H,24,26,28)/t20-/m1/s1. The molecule has 0 aromatic heterocycles. The zero-order chi connectivity index (χ0) is 19.5. The summed E-state index contributed by atoms with van der Waals surface area (Å²) in [6, 6.07) is 26.7. The zero-order valence-corrected chi connectivity index (χ0v) is 15.0. The molecule has 0 bridgehead atoms. The molecule has 1 saturated heterocycles. The number of carbonyl (C=O) groups is 3. The minimum absolute atomic E-state index is 0.433. The fourth-order valence-electron chi connectivity index (χ4n) is 3.60. The Balaban J connectivity index is 1.82. The van der Waals surface area contributed by atoms with E-state index in [4.69, 9.17) is 0 Å². The number of imide groups is 2. The Morgan fingerprint density at radius 1 is 0.679 bits per heavy atom. The predicted octanol–water partition coefficient (Wildman–Crippen LogP) is 3.72. The van der Waals surface area contributed by atoms with Crippen LogP contribution in [0, 0.1) is 5.92 Å². The highest BCUT2D eigenvalue weighted by atomic mass is 16.2. The third kappa shape index (κ3) is 3.18. The van der Waals surface area contributed by atoms with Gasteiger partial charge in [0.25, 0.3) is 0 Å². The van der Waals surface area contributed by atoms with Crippen LogP contribution in [0.4, 0.5) is 10.5 Å². The number of nitrogens with one attached hydrogen (secondary N) is 1. The molecule has 3 aromatic carbocycles. The van der Waals surface area contributed by atoms with Crippen molar-refractivity contribution in [2.45, 2.75) is 5.92 Å². The van der Waals surface area contributed by atoms with E-state index in [0.717, 1.165) is 16.0 Å². The van der Waals surface area contributed by atoms with Gasteiger partial charge in [0.05, 0.1) is 5.69 Å². The second kappa shape index (κ2) is 7.48. The number of carbonyl (C=O) groups excluding carboxylic acids is 3. The number of anilines is 1. The first-order chi connectivity index (χ1) is 13.7. The summed E-state index contributed by atoms with van der Waals surface area (Å²) in [5.41, 5.74) is 2.11. The van der Waals surface area contributed by atoms with Gasteiger partial charge in [-0.2, -0.15) is 0 Å². The van der Waals surface area contributed by atoms with Crippen molar-refractivity contribution in [3.05, 3.63) is 102 Å². The SMILES string of the molecule is O=C1NC(=O)N(c2ccccc2)C(=O)[C@@H]1C(c1ccccc1)c1ccccc1. The predicted molar refractivity (Wildman–Crippen MR) is 106 cm³/mol. The highest BCUT2D eigenvalue weighted by Gasteiger charge is 2.46. The summed E-state index contributed by atoms with van der Waals surface area (Å²) in [5, 5.41) is 2.36. The lowest BCUT2D eigenvalue weighted by atomic mass is 9.78. The molecule has 28 heavy (non-hydrogen) atoms. The second-order valence-corrected chi connectivity index (χ2v) is 6.58. The normalized spacial score (nSPS) is 17.0. The van der Waals surface area contributed by atoms with E-state index in [1.807, 2.05) is 60.7 Å². The first-order valence-electron chi connectivity index (χ1n) is 9.00. The van der Waals surface area contributed by atoms with Gasteiger partial charge in [0.1, 0.15) is 5.92 Å². The Hall–Kier alpha value is -3.73. The van der Waals surface area contributed by atoms with Gasteiger partial charge < -0.3 is 0 Å². The van der Waals surface area contributed by atoms with E-state index < -0.39 is 29.7 Å². The lowest BCUT2D eigenvalue weighted by Gasteiger charge is -2.34. The maximum atomic E-state index is 13.4. The molecule has 1 N–H and O–H groups in total. The lowest BCUT2D eigenvalue weighted by molar-refractivity contribution is -0.134. The number of hydrogen-bond acceptors (Lipinski definition) is 3. The topological polar surface area (TPSA) is 66.5 Å². The van der Waals surface area contributed by atoms with Gasteiger partial charge in [-0.3, -0.25) is 14.9 Å². The van der Waals surface area contributed by atoms with Gasteiger partial charge in [-0.05, 0) is 23.3 Å². The van der Waals surface area contributed by atoms with Crippen LogP contribution in [-0.2, 0) is 9.59 Å². The Kier molecular flexibility index (Phi) is 4.72. The van der Waals surface area contributed by atoms with Crippen LogP contribution < -0.4 is 10.2 Å². The lowest BCUT2D eigenvalue weighted by Crippen LogP contribution is -2.59. The van der Waals surface area contributed by atoms with E-state index in [1.54, 1.807) is 30.3 Å². The molecule has 138 valence electrons. The van der Waals surface area contributed by atoms with Crippen molar-refractivity contribution < 1.29 is 14.4 Å². The van der Waals surface area contributed by atoms with E-state index in [2.05, 4.69) is 5.32 Å². The second-order valence-electron chi connectivity index (χ2n) is 6.58. The number of benzene rings is 3. The zero-order valence-electron chi connectivity index (χ0n) is 15.0. The fourth-order valence-corrected chi connectivity index (χ4v) is 3.60. The van der Waals surface area contributed by atoms with E-state index in [9.17, 15) is 14.4 Å². The molecular weight excluding hydrogens is 352 g/mol. The monoisotopic (exact) mass is 370 g/mol. The number of hydrogen-bond donors (Lipinski definition) is 1. The van der Waals surface area contributed by atoms with Crippen molar-refractivity contribution in [1.29, 1.82) is 0 Å². The molecule has 1 aliphatic rings. The van der Waals surface area contributed by atoms with Gasteiger partial charge in [0.15, 0.2) is 0 Å². The highest BCUT2D eigenvalue weighted by molar-refractivity contribution is 6.28. The Bertz CT molecular complexity index is 964. The third-order valence-electron chi connectivity index (χ3n) is 4.87. The van der Waals surface area contributed by atoms with E-state index in [0.29, 0.717) is 5.69 Å². The number of amides is 4. The molecule has 4 rings (SSSR count). The number of barbiturate groups is 1. The van der Waals surface area contributed by atoms with Crippen molar-refractivity contribution >= 4 is 23.5 Å². The van der Waals surface area contributed by atoms with Crippen LogP contribution in [0.15, 0.2) is 91.0 Å². The molecule has 0 aliphatic carbocycles. The van der Waals surface area contributed by atoms with Crippen LogP contribution in [0.1, 0.15) is 17.0 Å². The minimum Gasteiger partial charge on any atom is -0.277 e. The Morgan fingerprint density at radius 3 is 1.64 bits per heavy atom. The molecule has 5 heteroatoms.